The van der Waals surface area contributed by atoms with Crippen LogP contribution >= 0.6 is 55.2 Å². The number of hydrogen-bond acceptors (Lipinski definition) is 4. The van der Waals surface area contributed by atoms with Gasteiger partial charge >= 0.3 is 0 Å². The molecule has 0 aromatic heterocycles. The molecule has 4 nitrogen and oxygen atoms in total. The fraction of sp³-hybridized carbons (Fsp3) is 0. The number of carbonyl (C=O) groups excluding carboxylic acids is 1. The molecule has 0 atom stereocenters. The Hall–Kier alpha value is -1.28. The van der Waals surface area contributed by atoms with Crippen molar-refractivity contribution in [1.82, 2.24) is 5.32 Å². The molecule has 8 heteroatoms. The predicted octanol–water partition coefficient (Wildman–Crippen LogP) is 5.46. The number of benzene rings is 2. The molecule has 1 aliphatic heterocycles. The molecular weight excluding hydrogens is 480 g/mol. The Bertz CT molecular complexity index is 882. The molecule has 0 saturated carbocycles. The van der Waals surface area contributed by atoms with Crippen LogP contribution in [0.2, 0.25) is 5.02 Å². The van der Waals surface area contributed by atoms with E-state index in [4.69, 9.17) is 11.6 Å². The molecule has 2 N–H and O–H groups in total. The van der Waals surface area contributed by atoms with Gasteiger partial charge in [-0.3, -0.25) is 4.79 Å². The van der Waals surface area contributed by atoms with Gasteiger partial charge in [0.25, 0.3) is 5.91 Å². The number of nitrogens with one attached hydrogen (secondary N) is 1. The third-order valence-electron chi connectivity index (χ3n) is 3.05. The smallest absolute Gasteiger partial charge is 0.264 e. The number of thioether (sulfide) groups is 1. The van der Waals surface area contributed by atoms with Crippen LogP contribution in [0.4, 0.5) is 5.69 Å². The quantitative estimate of drug-likeness (QED) is 0.552. The molecule has 0 bridgehead atoms. The molecular formula is C16H9Br2ClN2O2S. The van der Waals surface area contributed by atoms with E-state index in [1.165, 1.54) is 11.8 Å². The standard InChI is InChI=1S/C16H9Br2ClN2O2S/c17-9-5-8(14(22)12(18)7-9)6-13-15(23)21-16(24-13)20-11-3-1-10(19)2-4-11/h1-7,22H,(H,20,21,23)/b13-6-. The lowest BCUT2D eigenvalue weighted by atomic mass is 10.2. The molecule has 0 radical (unpaired) electrons. The number of aliphatic imine (C=N–C) groups is 1. The zero-order valence-electron chi connectivity index (χ0n) is 11.9. The Morgan fingerprint density at radius 1 is 1.21 bits per heavy atom. The molecule has 1 saturated heterocycles. The number of carbonyl (C=O) groups is 1. The number of phenols is 1. The maximum atomic E-state index is 12.1. The van der Waals surface area contributed by atoms with E-state index in [1.54, 1.807) is 42.5 Å². The van der Waals surface area contributed by atoms with Crippen LogP contribution in [0, 0.1) is 0 Å². The number of phenolic OH excluding ortho intramolecular Hbond substituents is 1. The van der Waals surface area contributed by atoms with Crippen molar-refractivity contribution >= 4 is 78.1 Å². The van der Waals surface area contributed by atoms with Crippen LogP contribution < -0.4 is 5.32 Å². The Morgan fingerprint density at radius 2 is 1.92 bits per heavy atom. The molecule has 24 heavy (non-hydrogen) atoms. The van der Waals surface area contributed by atoms with Gasteiger partial charge in [-0.05, 0) is 70.2 Å². The molecule has 2 aromatic carbocycles. The first kappa shape index (κ1) is 17.5. The first-order valence-electron chi connectivity index (χ1n) is 6.65. The van der Waals surface area contributed by atoms with Gasteiger partial charge in [-0.1, -0.05) is 27.5 Å². The highest BCUT2D eigenvalue weighted by molar-refractivity contribution is 9.11. The summed E-state index contributed by atoms with van der Waals surface area (Å²) in [4.78, 5) is 16.9. The molecule has 2 aromatic rings. The number of amides is 1. The highest BCUT2D eigenvalue weighted by Gasteiger charge is 2.24. The molecule has 0 aliphatic carbocycles. The Kier molecular flexibility index (Phi) is 5.34. The Balaban J connectivity index is 1.89. The minimum atomic E-state index is -0.261. The molecule has 1 aliphatic rings. The van der Waals surface area contributed by atoms with Gasteiger partial charge in [0.15, 0.2) is 5.17 Å². The summed E-state index contributed by atoms with van der Waals surface area (Å²) in [6, 6.07) is 10.5. The van der Waals surface area contributed by atoms with Gasteiger partial charge in [-0.2, -0.15) is 0 Å². The molecule has 3 rings (SSSR count). The third-order valence-corrected chi connectivity index (χ3v) is 5.28. The van der Waals surface area contributed by atoms with Gasteiger partial charge in [0.1, 0.15) is 5.75 Å². The van der Waals surface area contributed by atoms with E-state index in [-0.39, 0.29) is 11.7 Å². The first-order chi connectivity index (χ1) is 11.4. The zero-order valence-corrected chi connectivity index (χ0v) is 16.6. The van der Waals surface area contributed by atoms with Crippen molar-refractivity contribution in [3.05, 3.63) is 60.8 Å². The summed E-state index contributed by atoms with van der Waals surface area (Å²) in [7, 11) is 0. The van der Waals surface area contributed by atoms with E-state index in [0.717, 1.165) is 4.47 Å². The summed E-state index contributed by atoms with van der Waals surface area (Å²) in [5.74, 6) is -0.189. The lowest BCUT2D eigenvalue weighted by Gasteiger charge is -2.03. The summed E-state index contributed by atoms with van der Waals surface area (Å²) in [6.07, 6.45) is 1.62. The fourth-order valence-electron chi connectivity index (χ4n) is 1.95. The summed E-state index contributed by atoms with van der Waals surface area (Å²) in [6.45, 7) is 0. The van der Waals surface area contributed by atoms with Crippen molar-refractivity contribution in [1.29, 1.82) is 0 Å². The maximum absolute atomic E-state index is 12.1. The van der Waals surface area contributed by atoms with Crippen molar-refractivity contribution in [2.24, 2.45) is 4.99 Å². The Labute approximate surface area is 164 Å². The van der Waals surface area contributed by atoms with Crippen LogP contribution in [0.15, 0.2) is 55.2 Å². The van der Waals surface area contributed by atoms with Gasteiger partial charge < -0.3 is 10.4 Å². The second-order valence-corrected chi connectivity index (χ2v) is 8.02. The average molecular weight is 489 g/mol. The second kappa shape index (κ2) is 7.31. The fourth-order valence-corrected chi connectivity index (χ4v) is 4.17. The third kappa shape index (κ3) is 4.03. The number of halogens is 3. The first-order valence-corrected chi connectivity index (χ1v) is 9.43. The van der Waals surface area contributed by atoms with Gasteiger partial charge in [0.05, 0.1) is 15.1 Å². The second-order valence-electron chi connectivity index (χ2n) is 4.78. The van der Waals surface area contributed by atoms with Gasteiger partial charge in [-0.25, -0.2) is 4.99 Å². The van der Waals surface area contributed by atoms with E-state index in [0.29, 0.717) is 30.8 Å². The summed E-state index contributed by atoms with van der Waals surface area (Å²) in [5, 5.41) is 13.9. The number of aromatic hydroxyl groups is 1. The summed E-state index contributed by atoms with van der Waals surface area (Å²) < 4.78 is 1.33. The van der Waals surface area contributed by atoms with E-state index >= 15 is 0 Å². The molecule has 0 unspecified atom stereocenters. The van der Waals surface area contributed by atoms with Crippen LogP contribution in [-0.4, -0.2) is 16.2 Å². The number of hydrogen-bond donors (Lipinski definition) is 2. The number of amidine groups is 1. The monoisotopic (exact) mass is 486 g/mol. The highest BCUT2D eigenvalue weighted by Crippen LogP contribution is 2.35. The minimum Gasteiger partial charge on any atom is -0.506 e. The Morgan fingerprint density at radius 3 is 2.62 bits per heavy atom. The summed E-state index contributed by atoms with van der Waals surface area (Å²) >= 11 is 13.7. The van der Waals surface area contributed by atoms with E-state index < -0.39 is 0 Å². The molecule has 122 valence electrons. The molecule has 0 spiro atoms. The van der Waals surface area contributed by atoms with Crippen molar-refractivity contribution in [2.75, 3.05) is 0 Å². The lowest BCUT2D eigenvalue weighted by Crippen LogP contribution is -2.19. The van der Waals surface area contributed by atoms with Gasteiger partial charge in [-0.15, -0.1) is 0 Å². The van der Waals surface area contributed by atoms with Crippen molar-refractivity contribution in [3.8, 4) is 5.75 Å². The van der Waals surface area contributed by atoms with Crippen LogP contribution in [0.25, 0.3) is 6.08 Å². The van der Waals surface area contributed by atoms with Crippen molar-refractivity contribution in [2.45, 2.75) is 0 Å². The molecule has 1 heterocycles. The minimum absolute atomic E-state index is 0.0715. The van der Waals surface area contributed by atoms with Crippen LogP contribution in [0.5, 0.6) is 5.75 Å². The van der Waals surface area contributed by atoms with Crippen molar-refractivity contribution in [3.63, 3.8) is 0 Å². The topological polar surface area (TPSA) is 61.7 Å². The van der Waals surface area contributed by atoms with Gasteiger partial charge in [0, 0.05) is 15.1 Å². The van der Waals surface area contributed by atoms with E-state index in [2.05, 4.69) is 42.2 Å². The van der Waals surface area contributed by atoms with Crippen LogP contribution in [-0.2, 0) is 4.79 Å². The van der Waals surface area contributed by atoms with Crippen LogP contribution in [0.3, 0.4) is 0 Å². The number of nitrogens with zero attached hydrogens (tertiary/aromatic N) is 1. The lowest BCUT2D eigenvalue weighted by molar-refractivity contribution is -0.115. The van der Waals surface area contributed by atoms with Gasteiger partial charge in [0.2, 0.25) is 0 Å². The molecule has 1 amide bonds. The average Bonchev–Trinajstić information content (AvgIpc) is 2.86. The SMILES string of the molecule is O=C1NC(=Nc2ccc(Cl)cc2)S/C1=C\c1cc(Br)cc(Br)c1O. The largest absolute Gasteiger partial charge is 0.506 e. The maximum Gasteiger partial charge on any atom is 0.264 e. The molecule has 1 fully saturated rings. The highest BCUT2D eigenvalue weighted by atomic mass is 79.9. The van der Waals surface area contributed by atoms with Crippen LogP contribution in [0.1, 0.15) is 5.56 Å². The normalized spacial score (nSPS) is 17.5. The predicted molar refractivity (Wildman–Crippen MR) is 106 cm³/mol. The van der Waals surface area contributed by atoms with E-state index in [1.807, 2.05) is 0 Å². The number of rotatable bonds is 2. The van der Waals surface area contributed by atoms with Crippen molar-refractivity contribution < 1.29 is 9.90 Å². The van der Waals surface area contributed by atoms with E-state index in [9.17, 15) is 9.90 Å². The zero-order chi connectivity index (χ0) is 17.3. The summed E-state index contributed by atoms with van der Waals surface area (Å²) in [5.41, 5.74) is 1.22.